The van der Waals surface area contributed by atoms with Crippen molar-refractivity contribution in [3.63, 3.8) is 0 Å². The Bertz CT molecular complexity index is 1520. The number of methoxy groups -OCH3 is 1. The maximum atomic E-state index is 14.1. The average Bonchev–Trinajstić information content (AvgIpc) is 3.62. The molecule has 0 bridgehead atoms. The highest BCUT2D eigenvalue weighted by atomic mass is 35.5. The van der Waals surface area contributed by atoms with Gasteiger partial charge in [-0.05, 0) is 42.8 Å². The summed E-state index contributed by atoms with van der Waals surface area (Å²) in [7, 11) is 3.44. The molecule has 1 aliphatic rings. The number of urea groups is 1. The van der Waals surface area contributed by atoms with E-state index < -0.39 is 17.7 Å². The SMILES string of the molecule is COCCN1C[C@@H](NC(=O)Nc2c(C)c(-c3cnn(C)c3)nn2-c2cccc(Cl)c2)[C@H](c2ccc(F)c(F)c2)C1. The molecule has 0 saturated carbocycles. The van der Waals surface area contributed by atoms with E-state index in [4.69, 9.17) is 21.4 Å². The molecule has 2 atom stereocenters. The number of amides is 2. The number of aryl methyl sites for hydroxylation is 1. The number of nitrogens with zero attached hydrogens (tertiary/aromatic N) is 5. The first-order valence-electron chi connectivity index (χ1n) is 12.8. The third-order valence-corrected chi connectivity index (χ3v) is 7.32. The molecule has 0 unspecified atom stereocenters. The highest BCUT2D eigenvalue weighted by Gasteiger charge is 2.35. The van der Waals surface area contributed by atoms with Gasteiger partial charge in [0.25, 0.3) is 0 Å². The monoisotopic (exact) mass is 569 g/mol. The number of halogens is 3. The number of carbonyl (C=O) groups excluding carboxylic acids is 1. The summed E-state index contributed by atoms with van der Waals surface area (Å²) in [5, 5.41) is 15.6. The molecule has 12 heteroatoms. The number of rotatable bonds is 8. The highest BCUT2D eigenvalue weighted by molar-refractivity contribution is 6.30. The lowest BCUT2D eigenvalue weighted by Crippen LogP contribution is -2.42. The van der Waals surface area contributed by atoms with Crippen molar-refractivity contribution in [3.8, 4) is 16.9 Å². The fourth-order valence-corrected chi connectivity index (χ4v) is 5.27. The van der Waals surface area contributed by atoms with E-state index in [1.165, 1.54) is 6.07 Å². The number of hydrogen-bond donors (Lipinski definition) is 2. The van der Waals surface area contributed by atoms with E-state index in [0.717, 1.165) is 17.2 Å². The van der Waals surface area contributed by atoms with Gasteiger partial charge in [0.2, 0.25) is 0 Å². The summed E-state index contributed by atoms with van der Waals surface area (Å²) in [6, 6.07) is 10.2. The second-order valence-corrected chi connectivity index (χ2v) is 10.3. The lowest BCUT2D eigenvalue weighted by Gasteiger charge is -2.21. The van der Waals surface area contributed by atoms with Crippen molar-refractivity contribution in [2.45, 2.75) is 18.9 Å². The third-order valence-electron chi connectivity index (χ3n) is 7.08. The van der Waals surface area contributed by atoms with Gasteiger partial charge in [0.05, 0.1) is 24.5 Å². The van der Waals surface area contributed by atoms with Gasteiger partial charge in [0, 0.05) is 62.1 Å². The Hall–Kier alpha value is -3.80. The van der Waals surface area contributed by atoms with Crippen LogP contribution < -0.4 is 10.6 Å². The highest BCUT2D eigenvalue weighted by Crippen LogP contribution is 2.32. The van der Waals surface area contributed by atoms with Crippen LogP contribution in [0.15, 0.2) is 54.9 Å². The number of anilines is 1. The van der Waals surface area contributed by atoms with E-state index in [0.29, 0.717) is 54.0 Å². The second kappa shape index (κ2) is 11.7. The van der Waals surface area contributed by atoms with Crippen molar-refractivity contribution < 1.29 is 18.3 Å². The molecule has 2 amide bonds. The molecule has 2 N–H and O–H groups in total. The number of nitrogens with one attached hydrogen (secondary N) is 2. The first-order chi connectivity index (χ1) is 19.2. The van der Waals surface area contributed by atoms with E-state index in [-0.39, 0.29) is 12.0 Å². The zero-order chi connectivity index (χ0) is 28.4. The molecule has 1 aliphatic heterocycles. The quantitative estimate of drug-likeness (QED) is 0.320. The molecule has 1 fully saturated rings. The van der Waals surface area contributed by atoms with Crippen LogP contribution in [0.1, 0.15) is 17.0 Å². The summed E-state index contributed by atoms with van der Waals surface area (Å²) in [6.45, 7) is 4.11. The Morgan fingerprint density at radius 1 is 1.18 bits per heavy atom. The van der Waals surface area contributed by atoms with Crippen LogP contribution in [0.25, 0.3) is 16.9 Å². The van der Waals surface area contributed by atoms with Crippen LogP contribution in [-0.2, 0) is 11.8 Å². The number of benzene rings is 2. The van der Waals surface area contributed by atoms with Gasteiger partial charge < -0.3 is 10.1 Å². The van der Waals surface area contributed by atoms with Crippen LogP contribution in [0.5, 0.6) is 0 Å². The number of carbonyl (C=O) groups is 1. The van der Waals surface area contributed by atoms with Crippen molar-refractivity contribution in [3.05, 3.63) is 82.6 Å². The van der Waals surface area contributed by atoms with Crippen molar-refractivity contribution >= 4 is 23.4 Å². The molecule has 1 saturated heterocycles. The van der Waals surface area contributed by atoms with Crippen LogP contribution in [0.2, 0.25) is 5.02 Å². The molecule has 5 rings (SSSR count). The predicted molar refractivity (Wildman–Crippen MR) is 149 cm³/mol. The minimum absolute atomic E-state index is 0.248. The summed E-state index contributed by atoms with van der Waals surface area (Å²) < 4.78 is 36.3. The Morgan fingerprint density at radius 2 is 2.00 bits per heavy atom. The van der Waals surface area contributed by atoms with Gasteiger partial charge in [-0.25, -0.2) is 18.3 Å². The lowest BCUT2D eigenvalue weighted by molar-refractivity contribution is 0.159. The number of ether oxygens (including phenoxy) is 1. The Morgan fingerprint density at radius 3 is 2.70 bits per heavy atom. The van der Waals surface area contributed by atoms with Crippen LogP contribution in [0, 0.1) is 18.6 Å². The van der Waals surface area contributed by atoms with Gasteiger partial charge in [-0.15, -0.1) is 0 Å². The largest absolute Gasteiger partial charge is 0.383 e. The summed E-state index contributed by atoms with van der Waals surface area (Å²) in [5.74, 6) is -1.60. The van der Waals surface area contributed by atoms with Crippen molar-refractivity contribution in [1.82, 2.24) is 29.8 Å². The Balaban J connectivity index is 1.43. The summed E-state index contributed by atoms with van der Waals surface area (Å²) in [5.41, 5.74) is 3.49. The van der Waals surface area contributed by atoms with Crippen LogP contribution in [-0.4, -0.2) is 69.9 Å². The summed E-state index contributed by atoms with van der Waals surface area (Å²) in [6.07, 6.45) is 3.56. The van der Waals surface area contributed by atoms with Gasteiger partial charge in [0.1, 0.15) is 11.5 Å². The molecule has 9 nitrogen and oxygen atoms in total. The molecular formula is C28H30ClF2N7O2. The van der Waals surface area contributed by atoms with Gasteiger partial charge in [-0.1, -0.05) is 23.7 Å². The average molecular weight is 570 g/mol. The van der Waals surface area contributed by atoms with E-state index in [2.05, 4.69) is 20.6 Å². The number of hydrogen-bond acceptors (Lipinski definition) is 5. The van der Waals surface area contributed by atoms with E-state index in [9.17, 15) is 13.6 Å². The van der Waals surface area contributed by atoms with Crippen LogP contribution in [0.4, 0.5) is 19.4 Å². The molecule has 2 aromatic heterocycles. The zero-order valence-electron chi connectivity index (χ0n) is 22.4. The predicted octanol–water partition coefficient (Wildman–Crippen LogP) is 4.75. The zero-order valence-corrected chi connectivity index (χ0v) is 23.1. The minimum Gasteiger partial charge on any atom is -0.383 e. The van der Waals surface area contributed by atoms with E-state index in [1.54, 1.807) is 40.9 Å². The summed E-state index contributed by atoms with van der Waals surface area (Å²) >= 11 is 6.26. The maximum Gasteiger partial charge on any atom is 0.320 e. The lowest BCUT2D eigenvalue weighted by atomic mass is 9.94. The standard InChI is InChI=1S/C28H30ClF2N7O2/c1-17-26(19-13-32-36(2)14-19)35-38(21-6-4-5-20(29)12-21)27(17)34-28(39)33-25-16-37(9-10-40-3)15-22(25)18-7-8-23(30)24(31)11-18/h4-8,11-14,22,25H,9-10,15-16H2,1-3H3,(H2,33,34,39)/t22-,25+/m0/s1. The van der Waals surface area contributed by atoms with Gasteiger partial charge >= 0.3 is 6.03 Å². The third kappa shape index (κ3) is 5.86. The number of likely N-dealkylation sites (tertiary alicyclic amines) is 1. The Labute approximate surface area is 235 Å². The molecule has 0 radical (unpaired) electrons. The fraction of sp³-hybridized carbons (Fsp3) is 0.321. The fourth-order valence-electron chi connectivity index (χ4n) is 5.08. The van der Waals surface area contributed by atoms with Crippen LogP contribution >= 0.6 is 11.6 Å². The molecule has 3 heterocycles. The molecule has 40 heavy (non-hydrogen) atoms. The Kier molecular flexibility index (Phi) is 8.15. The van der Waals surface area contributed by atoms with Crippen molar-refractivity contribution in [2.24, 2.45) is 7.05 Å². The normalized spacial score (nSPS) is 17.4. The van der Waals surface area contributed by atoms with E-state index in [1.807, 2.05) is 32.3 Å². The first kappa shape index (κ1) is 27.8. The first-order valence-corrected chi connectivity index (χ1v) is 13.2. The van der Waals surface area contributed by atoms with Gasteiger partial charge in [-0.2, -0.15) is 10.2 Å². The van der Waals surface area contributed by atoms with E-state index >= 15 is 0 Å². The molecule has 0 spiro atoms. The topological polar surface area (TPSA) is 89.2 Å². The maximum absolute atomic E-state index is 14.1. The van der Waals surface area contributed by atoms with Crippen LogP contribution in [0.3, 0.4) is 0 Å². The molecular weight excluding hydrogens is 540 g/mol. The van der Waals surface area contributed by atoms with Crippen molar-refractivity contribution in [1.29, 1.82) is 0 Å². The molecule has 4 aromatic rings. The van der Waals surface area contributed by atoms with Crippen molar-refractivity contribution in [2.75, 3.05) is 38.7 Å². The molecule has 210 valence electrons. The smallest absolute Gasteiger partial charge is 0.320 e. The summed E-state index contributed by atoms with van der Waals surface area (Å²) in [4.78, 5) is 15.6. The molecule has 2 aromatic carbocycles. The second-order valence-electron chi connectivity index (χ2n) is 9.85. The number of aromatic nitrogens is 4. The minimum atomic E-state index is -0.917. The van der Waals surface area contributed by atoms with Gasteiger partial charge in [-0.3, -0.25) is 14.9 Å². The molecule has 0 aliphatic carbocycles. The van der Waals surface area contributed by atoms with Gasteiger partial charge in [0.15, 0.2) is 11.6 Å².